The predicted octanol–water partition coefficient (Wildman–Crippen LogP) is 7.40. The Labute approximate surface area is 175 Å². The molecule has 0 saturated heterocycles. The minimum Gasteiger partial charge on any atom is -0.379 e. The van der Waals surface area contributed by atoms with Crippen LogP contribution in [0.2, 0.25) is 0 Å². The van der Waals surface area contributed by atoms with E-state index in [9.17, 15) is 4.39 Å². The molecule has 0 radical (unpaired) electrons. The van der Waals surface area contributed by atoms with E-state index in [2.05, 4.69) is 25.4 Å². The molecule has 0 fully saturated rings. The van der Waals surface area contributed by atoms with E-state index < -0.39 is 0 Å². The zero-order valence-corrected chi connectivity index (χ0v) is 17.9. The Hall–Kier alpha value is -2.26. The van der Waals surface area contributed by atoms with Gasteiger partial charge in [-0.1, -0.05) is 56.2 Å². The molecule has 0 bridgehead atoms. The fraction of sp³-hybridized carbons (Fsp3) is 0.423. The third-order valence-electron chi connectivity index (χ3n) is 4.94. The summed E-state index contributed by atoms with van der Waals surface area (Å²) >= 11 is 0. The minimum absolute atomic E-state index is 0.207. The maximum absolute atomic E-state index is 14.5. The Balaban J connectivity index is 1.80. The average molecular weight is 396 g/mol. The van der Waals surface area contributed by atoms with Gasteiger partial charge in [0.2, 0.25) is 0 Å². The molecular weight excluding hydrogens is 361 g/mol. The zero-order chi connectivity index (χ0) is 20.9. The lowest BCUT2D eigenvalue weighted by Gasteiger charge is -2.12. The highest BCUT2D eigenvalue weighted by molar-refractivity contribution is 5.65. The van der Waals surface area contributed by atoms with Crippen molar-refractivity contribution in [2.45, 2.75) is 64.9 Å². The second-order valence-electron chi connectivity index (χ2n) is 7.49. The van der Waals surface area contributed by atoms with Gasteiger partial charge in [0.05, 0.1) is 6.10 Å². The molecule has 1 aromatic heterocycles. The van der Waals surface area contributed by atoms with Crippen LogP contribution in [-0.4, -0.2) is 17.7 Å². The first-order chi connectivity index (χ1) is 14.1. The topological polar surface area (TPSA) is 22.1 Å². The molecule has 2 aromatic rings. The molecule has 0 N–H and O–H groups in total. The molecule has 0 aliphatic carbocycles. The number of ether oxygens (including phenoxy) is 1. The second-order valence-corrected chi connectivity index (χ2v) is 7.49. The Bertz CT molecular complexity index is 767. The molecule has 1 aromatic carbocycles. The van der Waals surface area contributed by atoms with Crippen LogP contribution in [0, 0.1) is 5.82 Å². The van der Waals surface area contributed by atoms with E-state index in [-0.39, 0.29) is 5.82 Å². The van der Waals surface area contributed by atoms with E-state index in [1.165, 1.54) is 12.8 Å². The molecule has 0 aliphatic rings. The predicted molar refractivity (Wildman–Crippen MR) is 121 cm³/mol. The zero-order valence-electron chi connectivity index (χ0n) is 17.9. The Morgan fingerprint density at radius 2 is 1.97 bits per heavy atom. The molecule has 156 valence electrons. The molecule has 0 saturated carbocycles. The van der Waals surface area contributed by atoms with E-state index in [0.29, 0.717) is 11.7 Å². The molecule has 1 unspecified atom stereocenters. The third-order valence-corrected chi connectivity index (χ3v) is 4.94. The lowest BCUT2D eigenvalue weighted by atomic mass is 10.0. The molecule has 2 rings (SSSR count). The molecule has 3 heteroatoms. The first-order valence-corrected chi connectivity index (χ1v) is 10.8. The molecule has 1 heterocycles. The lowest BCUT2D eigenvalue weighted by molar-refractivity contribution is 0.0566. The number of halogens is 1. The lowest BCUT2D eigenvalue weighted by Crippen LogP contribution is -2.08. The highest BCUT2D eigenvalue weighted by Gasteiger charge is 2.05. The molecular formula is C26H34FNO. The summed E-state index contributed by atoms with van der Waals surface area (Å²) in [7, 11) is 0. The Morgan fingerprint density at radius 1 is 1.14 bits per heavy atom. The summed E-state index contributed by atoms with van der Waals surface area (Å²) < 4.78 is 20.3. The van der Waals surface area contributed by atoms with Crippen LogP contribution >= 0.6 is 0 Å². The minimum atomic E-state index is -0.207. The van der Waals surface area contributed by atoms with Crippen LogP contribution in [0.25, 0.3) is 17.2 Å². The van der Waals surface area contributed by atoms with Gasteiger partial charge in [0.15, 0.2) is 0 Å². The van der Waals surface area contributed by atoms with Gasteiger partial charge in [0.25, 0.3) is 0 Å². The van der Waals surface area contributed by atoms with Gasteiger partial charge >= 0.3 is 0 Å². The normalized spacial score (nSPS) is 12.4. The summed E-state index contributed by atoms with van der Waals surface area (Å²) in [6.07, 6.45) is 15.2. The van der Waals surface area contributed by atoms with Crippen molar-refractivity contribution in [3.8, 4) is 11.1 Å². The van der Waals surface area contributed by atoms with E-state index in [1.54, 1.807) is 12.3 Å². The van der Waals surface area contributed by atoms with E-state index in [4.69, 9.17) is 4.74 Å². The molecule has 29 heavy (non-hydrogen) atoms. The molecule has 0 spiro atoms. The molecule has 0 amide bonds. The van der Waals surface area contributed by atoms with Gasteiger partial charge in [-0.2, -0.15) is 0 Å². The number of benzene rings is 1. The largest absolute Gasteiger partial charge is 0.379 e. The van der Waals surface area contributed by atoms with Crippen LogP contribution < -0.4 is 0 Å². The number of aromatic nitrogens is 1. The van der Waals surface area contributed by atoms with Gasteiger partial charge in [-0.3, -0.25) is 4.98 Å². The van der Waals surface area contributed by atoms with Crippen molar-refractivity contribution in [3.63, 3.8) is 0 Å². The Kier molecular flexibility index (Phi) is 10.4. The molecule has 0 aliphatic heterocycles. The number of allylic oxidation sites excluding steroid dienone is 2. The number of hydrogen-bond acceptors (Lipinski definition) is 2. The van der Waals surface area contributed by atoms with Crippen molar-refractivity contribution in [2.24, 2.45) is 0 Å². The smallest absolute Gasteiger partial charge is 0.131 e. The first-order valence-electron chi connectivity index (χ1n) is 10.8. The second kappa shape index (κ2) is 13.1. The van der Waals surface area contributed by atoms with Crippen molar-refractivity contribution >= 4 is 6.08 Å². The van der Waals surface area contributed by atoms with Crippen molar-refractivity contribution in [1.82, 2.24) is 4.98 Å². The number of hydrogen-bond donors (Lipinski definition) is 0. The van der Waals surface area contributed by atoms with Gasteiger partial charge in [-0.15, -0.1) is 6.58 Å². The molecule has 1 atom stereocenters. The first kappa shape index (κ1) is 23.0. The highest BCUT2D eigenvalue weighted by atomic mass is 19.1. The van der Waals surface area contributed by atoms with Crippen molar-refractivity contribution in [3.05, 3.63) is 72.3 Å². The standard InChI is InChI=1S/C26H34FNO/c1-4-6-10-18-29-21(3)12-8-7-9-13-22-14-15-23(19-26(22)27)24-16-17-25(11-5-2)28-20-24/h5,9,13-17,19-21H,2,4,6-8,10-12,18H2,1,3H3/b13-9+. The summed E-state index contributed by atoms with van der Waals surface area (Å²) in [5.41, 5.74) is 3.34. The summed E-state index contributed by atoms with van der Waals surface area (Å²) in [4.78, 5) is 4.39. The fourth-order valence-electron chi connectivity index (χ4n) is 3.16. The van der Waals surface area contributed by atoms with Crippen molar-refractivity contribution in [1.29, 1.82) is 0 Å². The fourth-order valence-corrected chi connectivity index (χ4v) is 3.16. The van der Waals surface area contributed by atoms with Crippen molar-refractivity contribution < 1.29 is 9.13 Å². The van der Waals surface area contributed by atoms with Crippen LogP contribution in [0.3, 0.4) is 0 Å². The van der Waals surface area contributed by atoms with Crippen LogP contribution in [0.1, 0.15) is 63.6 Å². The number of nitrogens with zero attached hydrogens (tertiary/aromatic N) is 1. The van der Waals surface area contributed by atoms with Crippen LogP contribution in [0.4, 0.5) is 4.39 Å². The maximum atomic E-state index is 14.5. The number of pyridine rings is 1. The molecule has 2 nitrogen and oxygen atoms in total. The third kappa shape index (κ3) is 8.33. The summed E-state index contributed by atoms with van der Waals surface area (Å²) in [6.45, 7) is 8.91. The van der Waals surface area contributed by atoms with Gasteiger partial charge in [0.1, 0.15) is 5.82 Å². The van der Waals surface area contributed by atoms with E-state index >= 15 is 0 Å². The highest BCUT2D eigenvalue weighted by Crippen LogP contribution is 2.22. The van der Waals surface area contributed by atoms with Crippen LogP contribution in [0.15, 0.2) is 55.3 Å². The average Bonchev–Trinajstić information content (AvgIpc) is 2.73. The maximum Gasteiger partial charge on any atom is 0.131 e. The quantitative estimate of drug-likeness (QED) is 0.260. The van der Waals surface area contributed by atoms with Gasteiger partial charge in [-0.05, 0) is 50.3 Å². The van der Waals surface area contributed by atoms with E-state index in [1.807, 2.05) is 42.5 Å². The van der Waals surface area contributed by atoms with Gasteiger partial charge in [-0.25, -0.2) is 4.39 Å². The summed E-state index contributed by atoms with van der Waals surface area (Å²) in [6, 6.07) is 9.28. The number of rotatable bonds is 13. The van der Waals surface area contributed by atoms with Crippen molar-refractivity contribution in [2.75, 3.05) is 6.61 Å². The SMILES string of the molecule is C=CCc1ccc(-c2ccc(/C=C/CCCC(C)OCCCCC)c(F)c2)cn1. The van der Waals surface area contributed by atoms with Gasteiger partial charge < -0.3 is 4.74 Å². The van der Waals surface area contributed by atoms with Crippen LogP contribution in [0.5, 0.6) is 0 Å². The summed E-state index contributed by atoms with van der Waals surface area (Å²) in [5.74, 6) is -0.207. The van der Waals surface area contributed by atoms with Crippen LogP contribution in [-0.2, 0) is 11.2 Å². The van der Waals surface area contributed by atoms with E-state index in [0.717, 1.165) is 55.5 Å². The Morgan fingerprint density at radius 3 is 2.66 bits per heavy atom. The number of unbranched alkanes of at least 4 members (excludes halogenated alkanes) is 3. The summed E-state index contributed by atoms with van der Waals surface area (Å²) in [5, 5.41) is 0. The van der Waals surface area contributed by atoms with Gasteiger partial charge in [0, 0.05) is 36.0 Å². The monoisotopic (exact) mass is 395 g/mol.